The van der Waals surface area contributed by atoms with E-state index in [1.165, 1.54) is 24.5 Å². The fourth-order valence-corrected chi connectivity index (χ4v) is 6.50. The Bertz CT molecular complexity index is 1040. The Morgan fingerprint density at radius 2 is 1.75 bits per heavy atom. The van der Waals surface area contributed by atoms with Gasteiger partial charge in [0.2, 0.25) is 0 Å². The summed E-state index contributed by atoms with van der Waals surface area (Å²) in [4.78, 5) is 12.2. The third-order valence-electron chi connectivity index (χ3n) is 4.77. The van der Waals surface area contributed by atoms with Crippen molar-refractivity contribution in [2.75, 3.05) is 0 Å². The number of carbonyl (C=O) groups is 1. The number of halogens is 3. The van der Waals surface area contributed by atoms with Crippen molar-refractivity contribution in [2.45, 2.75) is 44.9 Å². The first-order valence-corrected chi connectivity index (χ1v) is 11.3. The molecule has 1 aromatic heterocycles. The minimum atomic E-state index is -4.23. The number of alkyl halides is 3. The molecule has 0 N–H and O–H groups in total. The van der Waals surface area contributed by atoms with Crippen LogP contribution in [0.5, 0.6) is 0 Å². The van der Waals surface area contributed by atoms with Gasteiger partial charge >= 0.3 is 172 Å². The van der Waals surface area contributed by atoms with Crippen LogP contribution in [-0.2, 0) is 15.1 Å². The van der Waals surface area contributed by atoms with Gasteiger partial charge in [-0.1, -0.05) is 0 Å². The van der Waals surface area contributed by atoms with Crippen LogP contribution in [0.4, 0.5) is 13.2 Å². The zero-order valence-electron chi connectivity index (χ0n) is 15.7. The van der Waals surface area contributed by atoms with Gasteiger partial charge in [-0.25, -0.2) is 0 Å². The summed E-state index contributed by atoms with van der Waals surface area (Å²) in [6.07, 6.45) is -5.15. The molecule has 0 bridgehead atoms. The van der Waals surface area contributed by atoms with Crippen molar-refractivity contribution in [3.63, 3.8) is 0 Å². The summed E-state index contributed by atoms with van der Waals surface area (Å²) in [6, 6.07) is 14.1. The van der Waals surface area contributed by atoms with Crippen LogP contribution in [0.15, 0.2) is 54.6 Å². The average molecular weight is 502 g/mol. The third kappa shape index (κ3) is 4.61. The van der Waals surface area contributed by atoms with E-state index in [9.17, 15) is 18.0 Å². The first-order chi connectivity index (χ1) is 13.1. The number of carbonyl (C=O) groups excluding carboxylic acids is 1. The van der Waals surface area contributed by atoms with Crippen LogP contribution in [0, 0.1) is 0 Å². The maximum atomic E-state index is 12.6. The van der Waals surface area contributed by atoms with Crippen molar-refractivity contribution in [1.29, 1.82) is 0 Å². The summed E-state index contributed by atoms with van der Waals surface area (Å²) < 4.78 is 46.1. The second kappa shape index (κ2) is 7.93. The predicted octanol–water partition coefficient (Wildman–Crippen LogP) is 6.12. The second-order valence-corrected chi connectivity index (χ2v) is 10.3. The normalized spacial score (nSPS) is 14.2. The molecule has 2 nitrogen and oxygen atoms in total. The molecule has 2 aromatic carbocycles. The summed E-state index contributed by atoms with van der Waals surface area (Å²) >= 11 is -0.571. The van der Waals surface area contributed by atoms with Crippen LogP contribution in [0.25, 0.3) is 17.6 Å². The molecule has 0 aliphatic carbocycles. The number of ether oxygens (including phenoxy) is 1. The van der Waals surface area contributed by atoms with Crippen LogP contribution in [-0.4, -0.2) is 32.6 Å². The monoisotopic (exact) mass is 504 g/mol. The molecule has 0 aliphatic heterocycles. The summed E-state index contributed by atoms with van der Waals surface area (Å²) in [7, 11) is 0. The van der Waals surface area contributed by atoms with Crippen LogP contribution in [0.1, 0.15) is 38.7 Å². The van der Waals surface area contributed by atoms with Crippen molar-refractivity contribution in [3.8, 4) is 0 Å². The van der Waals surface area contributed by atoms with Crippen LogP contribution in [0.3, 0.4) is 0 Å². The van der Waals surface area contributed by atoms with Crippen LogP contribution < -0.4 is 0 Å². The second-order valence-electron chi connectivity index (χ2n) is 7.18. The van der Waals surface area contributed by atoms with Crippen LogP contribution >= 0.6 is 0 Å². The molecular formula is C22H21F3O2Te. The van der Waals surface area contributed by atoms with E-state index >= 15 is 0 Å². The molecule has 0 spiro atoms. The van der Waals surface area contributed by atoms with E-state index in [1.807, 2.05) is 30.3 Å². The molecule has 1 atom stereocenters. The molecule has 0 fully saturated rings. The molecule has 0 aliphatic rings. The zero-order valence-corrected chi connectivity index (χ0v) is 18.1. The minimum absolute atomic E-state index is 0.0951. The number of hydrogen-bond donors (Lipinski definition) is 0. The van der Waals surface area contributed by atoms with Crippen molar-refractivity contribution in [1.82, 2.24) is 0 Å². The molecule has 28 heavy (non-hydrogen) atoms. The van der Waals surface area contributed by atoms with E-state index in [0.717, 1.165) is 5.56 Å². The number of rotatable bonds is 6. The molecule has 0 saturated heterocycles. The standard InChI is InChI=1S/C22H21F3O2Te/c1-14(2)20(26)27-21(3,11-6-12-22(23,24)25)15-9-10-17-16-7-4-5-8-18(16)28-19(17)13-15/h4-5,7-10,13H,1,6,11-12H2,2-3H3. The van der Waals surface area contributed by atoms with Gasteiger partial charge in [0.1, 0.15) is 0 Å². The van der Waals surface area contributed by atoms with Gasteiger partial charge in [0, 0.05) is 0 Å². The Balaban J connectivity index is 1.99. The van der Waals surface area contributed by atoms with E-state index in [2.05, 4.69) is 18.7 Å². The SMILES string of the molecule is C=C(C)C(=O)OC(C)(CCCC(F)(F)F)c1ccc2c(c1)[te]c1ccccc12. The first-order valence-electron chi connectivity index (χ1n) is 8.96. The molecular weight excluding hydrogens is 481 g/mol. The number of hydrogen-bond acceptors (Lipinski definition) is 2. The zero-order chi connectivity index (χ0) is 20.5. The third-order valence-corrected chi connectivity index (χ3v) is 8.01. The van der Waals surface area contributed by atoms with Gasteiger partial charge in [0.15, 0.2) is 0 Å². The quantitative estimate of drug-likeness (QED) is 0.231. The Morgan fingerprint density at radius 3 is 2.43 bits per heavy atom. The molecule has 1 heterocycles. The molecule has 3 rings (SSSR count). The Morgan fingerprint density at radius 1 is 1.07 bits per heavy atom. The predicted molar refractivity (Wildman–Crippen MR) is 107 cm³/mol. The summed E-state index contributed by atoms with van der Waals surface area (Å²) in [6.45, 7) is 6.81. The van der Waals surface area contributed by atoms with Gasteiger partial charge in [-0.15, -0.1) is 0 Å². The van der Waals surface area contributed by atoms with Crippen molar-refractivity contribution >= 4 is 44.0 Å². The molecule has 0 amide bonds. The topological polar surface area (TPSA) is 26.3 Å². The van der Waals surface area contributed by atoms with E-state index in [1.54, 1.807) is 6.92 Å². The first kappa shape index (κ1) is 21.0. The van der Waals surface area contributed by atoms with Gasteiger partial charge < -0.3 is 0 Å². The average Bonchev–Trinajstić information content (AvgIpc) is 2.98. The van der Waals surface area contributed by atoms with Gasteiger partial charge in [0.05, 0.1) is 0 Å². The maximum absolute atomic E-state index is 12.6. The summed E-state index contributed by atoms with van der Waals surface area (Å²) in [5, 5.41) is 2.40. The molecule has 1 unspecified atom stereocenters. The Kier molecular flexibility index (Phi) is 5.93. The van der Waals surface area contributed by atoms with Gasteiger partial charge in [-0.3, -0.25) is 0 Å². The number of benzene rings is 2. The number of fused-ring (bicyclic) bond motifs is 3. The fraction of sp³-hybridized carbons (Fsp3) is 0.318. The fourth-order valence-electron chi connectivity index (χ4n) is 3.23. The van der Waals surface area contributed by atoms with Crippen LogP contribution in [0.2, 0.25) is 0 Å². The molecule has 148 valence electrons. The molecule has 0 radical (unpaired) electrons. The molecule has 0 saturated carbocycles. The Hall–Kier alpha value is -1.77. The van der Waals surface area contributed by atoms with Gasteiger partial charge in [-0.2, -0.15) is 0 Å². The van der Waals surface area contributed by atoms with Crippen molar-refractivity contribution in [3.05, 3.63) is 60.2 Å². The van der Waals surface area contributed by atoms with Crippen molar-refractivity contribution in [2.24, 2.45) is 0 Å². The summed E-state index contributed by atoms with van der Waals surface area (Å²) in [5.41, 5.74) is -0.164. The van der Waals surface area contributed by atoms with E-state index < -0.39 is 44.6 Å². The van der Waals surface area contributed by atoms with E-state index in [4.69, 9.17) is 4.74 Å². The van der Waals surface area contributed by atoms with E-state index in [-0.39, 0.29) is 18.4 Å². The van der Waals surface area contributed by atoms with E-state index in [0.29, 0.717) is 0 Å². The molecule has 6 heteroatoms. The van der Waals surface area contributed by atoms with Gasteiger partial charge in [-0.05, 0) is 0 Å². The molecule has 3 aromatic rings. The van der Waals surface area contributed by atoms with Gasteiger partial charge in [0.25, 0.3) is 0 Å². The number of esters is 1. The Labute approximate surface area is 171 Å². The summed E-state index contributed by atoms with van der Waals surface area (Å²) in [5.74, 6) is -0.588. The van der Waals surface area contributed by atoms with Crippen molar-refractivity contribution < 1.29 is 22.7 Å².